The van der Waals surface area contributed by atoms with E-state index in [1.54, 1.807) is 42.6 Å². The Morgan fingerprint density at radius 2 is 1.72 bits per heavy atom. The Bertz CT molecular complexity index is 1670. The third kappa shape index (κ3) is 7.97. The Morgan fingerprint density at radius 3 is 2.53 bits per heavy atom. The summed E-state index contributed by atoms with van der Waals surface area (Å²) in [5.74, 6) is -1.91. The number of fused-ring (bicyclic) bond motifs is 1. The van der Waals surface area contributed by atoms with Crippen molar-refractivity contribution in [2.45, 2.75) is 45.1 Å². The molecule has 3 aromatic carbocycles. The Kier molecular flexibility index (Phi) is 9.65. The van der Waals surface area contributed by atoms with Crippen molar-refractivity contribution in [2.75, 3.05) is 6.54 Å². The van der Waals surface area contributed by atoms with Gasteiger partial charge in [-0.05, 0) is 76.7 Å². The highest BCUT2D eigenvalue weighted by atomic mass is 19.1. The maximum atomic E-state index is 13.9. The monoisotopic (exact) mass is 586 g/mol. The lowest BCUT2D eigenvalue weighted by Crippen LogP contribution is -2.48. The van der Waals surface area contributed by atoms with E-state index in [1.807, 2.05) is 12.1 Å². The molecular formula is C32H32F2N6O3. The van der Waals surface area contributed by atoms with Crippen LogP contribution in [0.3, 0.4) is 0 Å². The van der Waals surface area contributed by atoms with E-state index in [9.17, 15) is 18.7 Å². The number of pyridine rings is 1. The van der Waals surface area contributed by atoms with Crippen LogP contribution in [0, 0.1) is 11.6 Å². The van der Waals surface area contributed by atoms with E-state index in [0.717, 1.165) is 18.1 Å². The van der Waals surface area contributed by atoms with Crippen molar-refractivity contribution in [2.24, 2.45) is 0 Å². The topological polar surface area (TPSA) is 114 Å². The molecule has 0 spiro atoms. The molecule has 9 nitrogen and oxygen atoms in total. The van der Waals surface area contributed by atoms with Crippen LogP contribution >= 0.6 is 0 Å². The summed E-state index contributed by atoms with van der Waals surface area (Å²) in [5, 5.41) is 25.1. The number of aryl methyl sites for hydroxylation is 1. The molecule has 1 amide bonds. The SMILES string of the molecule is CCc1cccc(CNC[C@@H](O)[C@H](Cc2cc(F)cc(F)c2)NC(=O)c2cccc(COn3nnc4cccnc43)c2)c1. The van der Waals surface area contributed by atoms with E-state index < -0.39 is 29.7 Å². The highest BCUT2D eigenvalue weighted by Crippen LogP contribution is 2.14. The van der Waals surface area contributed by atoms with E-state index in [1.165, 1.54) is 22.5 Å². The maximum absolute atomic E-state index is 13.9. The zero-order valence-electron chi connectivity index (χ0n) is 23.6. The summed E-state index contributed by atoms with van der Waals surface area (Å²) >= 11 is 0. The van der Waals surface area contributed by atoms with Crippen LogP contribution in [0.25, 0.3) is 11.2 Å². The van der Waals surface area contributed by atoms with Crippen molar-refractivity contribution in [1.82, 2.24) is 30.8 Å². The van der Waals surface area contributed by atoms with Gasteiger partial charge in [-0.1, -0.05) is 48.2 Å². The predicted molar refractivity (Wildman–Crippen MR) is 157 cm³/mol. The van der Waals surface area contributed by atoms with Gasteiger partial charge in [0.05, 0.1) is 12.1 Å². The fraction of sp³-hybridized carbons (Fsp3) is 0.250. The van der Waals surface area contributed by atoms with Crippen molar-refractivity contribution in [3.8, 4) is 0 Å². The van der Waals surface area contributed by atoms with E-state index in [2.05, 4.69) is 45.0 Å². The number of nitrogens with one attached hydrogen (secondary N) is 2. The second-order valence-electron chi connectivity index (χ2n) is 10.2. The normalized spacial score (nSPS) is 12.7. The first-order chi connectivity index (χ1) is 20.9. The van der Waals surface area contributed by atoms with E-state index in [0.29, 0.717) is 34.4 Å². The van der Waals surface area contributed by atoms with Gasteiger partial charge in [0, 0.05) is 30.9 Å². The number of aromatic nitrogens is 4. The number of hydrogen-bond donors (Lipinski definition) is 3. The summed E-state index contributed by atoms with van der Waals surface area (Å²) in [7, 11) is 0. The number of benzene rings is 3. The van der Waals surface area contributed by atoms with Gasteiger partial charge in [0.15, 0.2) is 0 Å². The van der Waals surface area contributed by atoms with E-state index >= 15 is 0 Å². The molecule has 5 aromatic rings. The summed E-state index contributed by atoms with van der Waals surface area (Å²) in [5.41, 5.74) is 4.65. The molecule has 2 atom stereocenters. The van der Waals surface area contributed by atoms with Gasteiger partial charge in [-0.2, -0.15) is 0 Å². The van der Waals surface area contributed by atoms with Crippen LogP contribution in [0.2, 0.25) is 0 Å². The van der Waals surface area contributed by atoms with Crippen LogP contribution < -0.4 is 15.5 Å². The highest BCUT2D eigenvalue weighted by Gasteiger charge is 2.23. The van der Waals surface area contributed by atoms with Crippen LogP contribution in [-0.4, -0.2) is 49.8 Å². The van der Waals surface area contributed by atoms with E-state index in [-0.39, 0.29) is 19.6 Å². The molecule has 0 aliphatic rings. The molecule has 0 fully saturated rings. The lowest BCUT2D eigenvalue weighted by atomic mass is 9.99. The molecule has 0 saturated carbocycles. The molecule has 43 heavy (non-hydrogen) atoms. The van der Waals surface area contributed by atoms with Gasteiger partial charge in [0.2, 0.25) is 5.65 Å². The molecular weight excluding hydrogens is 554 g/mol. The van der Waals surface area contributed by atoms with Crippen molar-refractivity contribution in [3.05, 3.63) is 125 Å². The molecule has 2 heterocycles. The minimum Gasteiger partial charge on any atom is -0.390 e. The van der Waals surface area contributed by atoms with Crippen LogP contribution in [0.1, 0.15) is 39.5 Å². The van der Waals surface area contributed by atoms with Gasteiger partial charge >= 0.3 is 0 Å². The number of amides is 1. The number of aliphatic hydroxyl groups excluding tert-OH is 1. The summed E-state index contributed by atoms with van der Waals surface area (Å²) in [6.07, 6.45) is 1.49. The first-order valence-electron chi connectivity index (χ1n) is 14.0. The van der Waals surface area contributed by atoms with Crippen LogP contribution in [-0.2, 0) is 26.0 Å². The number of carbonyl (C=O) groups excluding carboxylic acids is 1. The molecule has 0 radical (unpaired) electrons. The largest absolute Gasteiger partial charge is 0.390 e. The van der Waals surface area contributed by atoms with Gasteiger partial charge in [0.1, 0.15) is 23.8 Å². The summed E-state index contributed by atoms with van der Waals surface area (Å²) in [6, 6.07) is 20.8. The third-order valence-corrected chi connectivity index (χ3v) is 6.96. The second kappa shape index (κ2) is 14.0. The maximum Gasteiger partial charge on any atom is 0.251 e. The fourth-order valence-electron chi connectivity index (χ4n) is 4.75. The minimum absolute atomic E-state index is 0.0176. The smallest absolute Gasteiger partial charge is 0.251 e. The average Bonchev–Trinajstić information content (AvgIpc) is 3.42. The fourth-order valence-corrected chi connectivity index (χ4v) is 4.75. The molecule has 0 aliphatic heterocycles. The zero-order valence-corrected chi connectivity index (χ0v) is 23.6. The zero-order chi connectivity index (χ0) is 30.2. The molecule has 222 valence electrons. The Morgan fingerprint density at radius 1 is 0.953 bits per heavy atom. The van der Waals surface area contributed by atoms with Crippen LogP contribution in [0.5, 0.6) is 0 Å². The number of halogens is 2. The summed E-state index contributed by atoms with van der Waals surface area (Å²) in [4.78, 5) is 24.5. The van der Waals surface area contributed by atoms with Gasteiger partial charge in [0.25, 0.3) is 5.91 Å². The van der Waals surface area contributed by atoms with Gasteiger partial charge in [-0.25, -0.2) is 13.8 Å². The van der Waals surface area contributed by atoms with Crippen molar-refractivity contribution >= 4 is 17.1 Å². The number of nitrogens with zero attached hydrogens (tertiary/aromatic N) is 4. The predicted octanol–water partition coefficient (Wildman–Crippen LogP) is 3.79. The average molecular weight is 587 g/mol. The second-order valence-corrected chi connectivity index (χ2v) is 10.2. The molecule has 0 bridgehead atoms. The number of carbonyl (C=O) groups is 1. The Hall–Kier alpha value is -4.74. The van der Waals surface area contributed by atoms with Crippen LogP contribution in [0.4, 0.5) is 8.78 Å². The quantitative estimate of drug-likeness (QED) is 0.192. The molecule has 11 heteroatoms. The molecule has 0 unspecified atom stereocenters. The van der Waals surface area contributed by atoms with Gasteiger partial charge in [-0.3, -0.25) is 4.79 Å². The van der Waals surface area contributed by atoms with Crippen molar-refractivity contribution in [3.63, 3.8) is 0 Å². The van der Waals surface area contributed by atoms with Gasteiger partial charge < -0.3 is 20.6 Å². The van der Waals surface area contributed by atoms with Crippen molar-refractivity contribution in [1.29, 1.82) is 0 Å². The van der Waals surface area contributed by atoms with Gasteiger partial charge in [-0.15, -0.1) is 5.10 Å². The van der Waals surface area contributed by atoms with Crippen molar-refractivity contribution < 1.29 is 23.5 Å². The number of rotatable bonds is 13. The molecule has 3 N–H and O–H groups in total. The lowest BCUT2D eigenvalue weighted by Gasteiger charge is -2.25. The molecule has 2 aromatic heterocycles. The van der Waals surface area contributed by atoms with E-state index in [4.69, 9.17) is 4.84 Å². The summed E-state index contributed by atoms with van der Waals surface area (Å²) in [6.45, 7) is 2.83. The Labute approximate surface area is 247 Å². The molecule has 0 aliphatic carbocycles. The lowest BCUT2D eigenvalue weighted by molar-refractivity contribution is 0.0737. The first-order valence-corrected chi connectivity index (χ1v) is 14.0. The Balaban J connectivity index is 1.26. The standard InChI is InChI=1S/C32H32F2N6O3/c1-2-21-6-3-7-22(12-21)18-35-19-30(41)29(16-24-14-26(33)17-27(34)15-24)37-32(42)25-9-4-8-23(13-25)20-43-40-31-28(38-39-40)10-5-11-36-31/h3-15,17,29-30,35,41H,2,16,18-20H2,1H3,(H,37,42)/t29-,30+/m0/s1. The number of hydrogen-bond acceptors (Lipinski definition) is 7. The third-order valence-electron chi connectivity index (χ3n) is 6.96. The first kappa shape index (κ1) is 29.7. The summed E-state index contributed by atoms with van der Waals surface area (Å²) < 4.78 is 27.9. The highest BCUT2D eigenvalue weighted by molar-refractivity contribution is 5.94. The minimum atomic E-state index is -1.05. The molecule has 5 rings (SSSR count). The number of aliphatic hydroxyl groups is 1. The van der Waals surface area contributed by atoms with Crippen LogP contribution in [0.15, 0.2) is 85.1 Å². The molecule has 0 saturated heterocycles.